The third-order valence-corrected chi connectivity index (χ3v) is 5.00. The first-order valence-corrected chi connectivity index (χ1v) is 9.19. The Bertz CT molecular complexity index is 974. The summed E-state index contributed by atoms with van der Waals surface area (Å²) in [7, 11) is 0. The zero-order valence-electron chi connectivity index (χ0n) is 14.2. The van der Waals surface area contributed by atoms with E-state index in [2.05, 4.69) is 20.6 Å². The summed E-state index contributed by atoms with van der Waals surface area (Å²) in [5.74, 6) is 0.0458. The number of ether oxygens (including phenoxy) is 1. The average molecular weight is 380 g/mol. The minimum absolute atomic E-state index is 0.0263. The fraction of sp³-hybridized carbons (Fsp3) is 0.158. The number of amides is 2. The minimum Gasteiger partial charge on any atom is -0.487 e. The van der Waals surface area contributed by atoms with Crippen LogP contribution in [-0.4, -0.2) is 34.4 Å². The summed E-state index contributed by atoms with van der Waals surface area (Å²) in [5, 5.41) is 5.66. The highest BCUT2D eigenvalue weighted by molar-refractivity contribution is 7.13. The largest absolute Gasteiger partial charge is 0.487 e. The molecule has 2 N–H and O–H groups in total. The first-order valence-electron chi connectivity index (χ1n) is 8.37. The Labute approximate surface area is 159 Å². The Kier molecular flexibility index (Phi) is 4.80. The van der Waals surface area contributed by atoms with Crippen LogP contribution in [0.1, 0.15) is 20.2 Å². The molecule has 4 rings (SSSR count). The number of hydrogen-bond donors (Lipinski definition) is 2. The van der Waals surface area contributed by atoms with Gasteiger partial charge < -0.3 is 15.4 Å². The highest BCUT2D eigenvalue weighted by Crippen LogP contribution is 2.23. The summed E-state index contributed by atoms with van der Waals surface area (Å²) in [4.78, 5) is 34.1. The van der Waals surface area contributed by atoms with Crippen LogP contribution in [0.15, 0.2) is 54.9 Å². The zero-order chi connectivity index (χ0) is 18.6. The minimum atomic E-state index is -0.826. The van der Waals surface area contributed by atoms with Crippen molar-refractivity contribution in [3.05, 3.63) is 70.3 Å². The maximum Gasteiger partial charge on any atom is 0.281 e. The number of fused-ring (bicyclic) bond motifs is 1. The molecular weight excluding hydrogens is 364 g/mol. The second-order valence-electron chi connectivity index (χ2n) is 5.97. The molecule has 0 bridgehead atoms. The molecule has 2 aromatic heterocycles. The van der Waals surface area contributed by atoms with E-state index >= 15 is 0 Å². The molecule has 0 aliphatic carbocycles. The lowest BCUT2D eigenvalue weighted by Gasteiger charge is -2.13. The van der Waals surface area contributed by atoms with Crippen LogP contribution < -0.4 is 15.4 Å². The van der Waals surface area contributed by atoms with Crippen molar-refractivity contribution in [2.24, 2.45) is 0 Å². The van der Waals surface area contributed by atoms with Gasteiger partial charge in [-0.2, -0.15) is 0 Å². The first-order chi connectivity index (χ1) is 13.2. The van der Waals surface area contributed by atoms with Crippen LogP contribution in [0.2, 0.25) is 0 Å². The van der Waals surface area contributed by atoms with Crippen LogP contribution in [0, 0.1) is 0 Å². The number of anilines is 1. The van der Waals surface area contributed by atoms with Gasteiger partial charge >= 0.3 is 0 Å². The van der Waals surface area contributed by atoms with Gasteiger partial charge in [0, 0.05) is 23.7 Å². The Morgan fingerprint density at radius 1 is 1.22 bits per heavy atom. The average Bonchev–Trinajstić information content (AvgIpc) is 3.09. The molecule has 1 aliphatic heterocycles. The van der Waals surface area contributed by atoms with Crippen molar-refractivity contribution in [2.45, 2.75) is 12.5 Å². The van der Waals surface area contributed by atoms with E-state index in [1.54, 1.807) is 24.5 Å². The molecule has 0 fully saturated rings. The van der Waals surface area contributed by atoms with Crippen molar-refractivity contribution in [1.29, 1.82) is 0 Å². The molecule has 0 saturated heterocycles. The van der Waals surface area contributed by atoms with E-state index in [9.17, 15) is 9.59 Å². The summed E-state index contributed by atoms with van der Waals surface area (Å²) in [6, 6.07) is 12.6. The van der Waals surface area contributed by atoms with Crippen LogP contribution in [0.4, 0.5) is 5.82 Å². The van der Waals surface area contributed by atoms with E-state index in [4.69, 9.17) is 4.74 Å². The molecule has 0 saturated carbocycles. The van der Waals surface area contributed by atoms with Gasteiger partial charge in [-0.25, -0.2) is 9.97 Å². The quantitative estimate of drug-likeness (QED) is 0.724. The molecule has 0 spiro atoms. The molecule has 2 amide bonds. The standard InChI is InChI=1S/C19H16N4O3S/c24-17-14(11-26-15-7-4-8-20-16(15)23-17)22-18(25)19-21-10-13(27-19)9-12-5-2-1-3-6-12/h1-8,10,14H,9,11H2,(H,22,25)(H,20,23,24)/t14-/m0/s1. The van der Waals surface area contributed by atoms with Crippen LogP contribution in [0.3, 0.4) is 0 Å². The SMILES string of the molecule is O=C(N[C@H]1COc2cccnc2NC1=O)c1ncc(Cc2ccccc2)s1. The van der Waals surface area contributed by atoms with Gasteiger partial charge in [-0.05, 0) is 17.7 Å². The van der Waals surface area contributed by atoms with E-state index in [1.165, 1.54) is 11.3 Å². The van der Waals surface area contributed by atoms with Crippen molar-refractivity contribution in [2.75, 3.05) is 11.9 Å². The van der Waals surface area contributed by atoms with E-state index in [0.29, 0.717) is 23.0 Å². The topological polar surface area (TPSA) is 93.2 Å². The predicted molar refractivity (Wildman–Crippen MR) is 101 cm³/mol. The third-order valence-electron chi connectivity index (χ3n) is 4.01. The second-order valence-corrected chi connectivity index (χ2v) is 7.09. The number of aromatic nitrogens is 2. The molecule has 8 heteroatoms. The number of carbonyl (C=O) groups is 2. The van der Waals surface area contributed by atoms with Crippen LogP contribution in [0.25, 0.3) is 0 Å². The van der Waals surface area contributed by atoms with Gasteiger partial charge in [-0.1, -0.05) is 30.3 Å². The molecule has 136 valence electrons. The maximum absolute atomic E-state index is 12.5. The van der Waals surface area contributed by atoms with Crippen molar-refractivity contribution >= 4 is 29.0 Å². The normalized spacial score (nSPS) is 15.9. The number of rotatable bonds is 4. The highest BCUT2D eigenvalue weighted by atomic mass is 32.1. The van der Waals surface area contributed by atoms with Gasteiger partial charge in [-0.3, -0.25) is 9.59 Å². The zero-order valence-corrected chi connectivity index (χ0v) is 15.0. The first kappa shape index (κ1) is 17.2. The summed E-state index contributed by atoms with van der Waals surface area (Å²) < 4.78 is 5.57. The Morgan fingerprint density at radius 2 is 2.07 bits per heavy atom. The number of carbonyl (C=O) groups excluding carboxylic acids is 2. The lowest BCUT2D eigenvalue weighted by atomic mass is 10.1. The molecule has 3 aromatic rings. The van der Waals surface area contributed by atoms with Crippen molar-refractivity contribution in [3.63, 3.8) is 0 Å². The monoisotopic (exact) mass is 380 g/mol. The fourth-order valence-corrected chi connectivity index (χ4v) is 3.52. The molecule has 1 aliphatic rings. The molecule has 1 aromatic carbocycles. The van der Waals surface area contributed by atoms with Crippen LogP contribution >= 0.6 is 11.3 Å². The van der Waals surface area contributed by atoms with Crippen LogP contribution in [0.5, 0.6) is 5.75 Å². The Balaban J connectivity index is 1.41. The van der Waals surface area contributed by atoms with E-state index < -0.39 is 11.9 Å². The van der Waals surface area contributed by atoms with Gasteiger partial charge in [0.25, 0.3) is 11.8 Å². The maximum atomic E-state index is 12.5. The molecule has 0 radical (unpaired) electrons. The van der Waals surface area contributed by atoms with E-state index in [1.807, 2.05) is 30.3 Å². The molecule has 27 heavy (non-hydrogen) atoms. The molecule has 7 nitrogen and oxygen atoms in total. The predicted octanol–water partition coefficient (Wildman–Crippen LogP) is 2.26. The number of nitrogens with zero attached hydrogens (tertiary/aromatic N) is 2. The van der Waals surface area contributed by atoms with Crippen molar-refractivity contribution < 1.29 is 14.3 Å². The number of nitrogens with one attached hydrogen (secondary N) is 2. The van der Waals surface area contributed by atoms with Gasteiger partial charge in [0.15, 0.2) is 16.6 Å². The molecular formula is C19H16N4O3S. The van der Waals surface area contributed by atoms with Crippen molar-refractivity contribution in [1.82, 2.24) is 15.3 Å². The number of pyridine rings is 1. The Morgan fingerprint density at radius 3 is 2.93 bits per heavy atom. The molecule has 0 unspecified atom stereocenters. The highest BCUT2D eigenvalue weighted by Gasteiger charge is 2.28. The van der Waals surface area contributed by atoms with E-state index in [0.717, 1.165) is 10.4 Å². The number of benzene rings is 1. The van der Waals surface area contributed by atoms with E-state index in [-0.39, 0.29) is 12.5 Å². The lowest BCUT2D eigenvalue weighted by molar-refractivity contribution is -0.118. The molecule has 3 heterocycles. The van der Waals surface area contributed by atoms with Gasteiger partial charge in [0.05, 0.1) is 0 Å². The number of thiazole rings is 1. The smallest absolute Gasteiger partial charge is 0.281 e. The van der Waals surface area contributed by atoms with Gasteiger partial charge in [0.2, 0.25) is 0 Å². The third kappa shape index (κ3) is 3.95. The van der Waals surface area contributed by atoms with Crippen LogP contribution in [-0.2, 0) is 11.2 Å². The summed E-state index contributed by atoms with van der Waals surface area (Å²) >= 11 is 1.31. The lowest BCUT2D eigenvalue weighted by Crippen LogP contribution is -2.46. The van der Waals surface area contributed by atoms with Crippen molar-refractivity contribution in [3.8, 4) is 5.75 Å². The second kappa shape index (κ2) is 7.55. The van der Waals surface area contributed by atoms with Gasteiger partial charge in [-0.15, -0.1) is 11.3 Å². The van der Waals surface area contributed by atoms with Gasteiger partial charge in [0.1, 0.15) is 12.6 Å². The summed E-state index contributed by atoms with van der Waals surface area (Å²) in [5.41, 5.74) is 1.15. The summed E-state index contributed by atoms with van der Waals surface area (Å²) in [6.45, 7) is 0.0263. The fourth-order valence-electron chi connectivity index (χ4n) is 2.67. The number of hydrogen-bond acceptors (Lipinski definition) is 6. The Hall–Kier alpha value is -3.26. The summed E-state index contributed by atoms with van der Waals surface area (Å²) in [6.07, 6.45) is 3.96. The molecule has 1 atom stereocenters.